The van der Waals surface area contributed by atoms with E-state index in [2.05, 4.69) is 31.9 Å². The Hall–Kier alpha value is -0.330. The zero-order valence-electron chi connectivity index (χ0n) is 9.76. The lowest BCUT2D eigenvalue weighted by Crippen LogP contribution is -2.10. The van der Waals surface area contributed by atoms with Crippen molar-refractivity contribution in [3.05, 3.63) is 55.7 Å². The van der Waals surface area contributed by atoms with Crippen LogP contribution in [0.5, 0.6) is 0 Å². The Labute approximate surface area is 129 Å². The summed E-state index contributed by atoms with van der Waals surface area (Å²) in [6.07, 6.45) is -4.34. The maximum Gasteiger partial charge on any atom is 0.416 e. The van der Waals surface area contributed by atoms with Gasteiger partial charge in [-0.15, -0.1) is 11.3 Å². The van der Waals surface area contributed by atoms with Gasteiger partial charge in [-0.2, -0.15) is 13.2 Å². The third-order valence-electron chi connectivity index (χ3n) is 2.67. The highest BCUT2D eigenvalue weighted by Gasteiger charge is 2.35. The number of halogens is 5. The van der Waals surface area contributed by atoms with Gasteiger partial charge in [0.2, 0.25) is 0 Å². The lowest BCUT2D eigenvalue weighted by molar-refractivity contribution is -0.138. The summed E-state index contributed by atoms with van der Waals surface area (Å²) in [6, 6.07) is 7.49. The van der Waals surface area contributed by atoms with Crippen LogP contribution in [0, 0.1) is 6.92 Å². The van der Waals surface area contributed by atoms with Crippen LogP contribution in [0.1, 0.15) is 25.7 Å². The van der Waals surface area contributed by atoms with Gasteiger partial charge in [0.25, 0.3) is 0 Å². The summed E-state index contributed by atoms with van der Waals surface area (Å²) in [7, 11) is 0. The van der Waals surface area contributed by atoms with Crippen LogP contribution < -0.4 is 0 Å². The number of benzene rings is 1. The Kier molecular flexibility index (Phi) is 4.42. The number of hydrogen-bond acceptors (Lipinski definition) is 1. The van der Waals surface area contributed by atoms with Crippen molar-refractivity contribution in [2.75, 3.05) is 0 Å². The molecule has 0 saturated carbocycles. The highest BCUT2D eigenvalue weighted by atomic mass is 79.9. The third-order valence-corrected chi connectivity index (χ3v) is 6.16. The lowest BCUT2D eigenvalue weighted by atomic mass is 10.0. The van der Waals surface area contributed by atoms with Gasteiger partial charge < -0.3 is 0 Å². The molecule has 0 aliphatic rings. The van der Waals surface area contributed by atoms with Crippen molar-refractivity contribution < 1.29 is 13.2 Å². The maximum absolute atomic E-state index is 13.0. The fourth-order valence-corrected chi connectivity index (χ4v) is 4.11. The Bertz CT molecular complexity index is 570. The number of rotatable bonds is 2. The van der Waals surface area contributed by atoms with Gasteiger partial charge in [-0.3, -0.25) is 0 Å². The molecule has 0 aliphatic heterocycles. The maximum atomic E-state index is 13.0. The Morgan fingerprint density at radius 1 is 1.21 bits per heavy atom. The van der Waals surface area contributed by atoms with Crippen molar-refractivity contribution in [1.82, 2.24) is 0 Å². The first kappa shape index (κ1) is 15.1. The molecular weight excluding hydrogens is 405 g/mol. The van der Waals surface area contributed by atoms with Crippen molar-refractivity contribution in [3.8, 4) is 0 Å². The molecule has 1 heterocycles. The second kappa shape index (κ2) is 5.58. The fraction of sp³-hybridized carbons (Fsp3) is 0.231. The molecule has 0 bridgehead atoms. The zero-order valence-corrected chi connectivity index (χ0v) is 13.8. The van der Waals surface area contributed by atoms with E-state index in [4.69, 9.17) is 0 Å². The minimum Gasteiger partial charge on any atom is -0.166 e. The molecule has 0 amide bonds. The predicted octanol–water partition coefficient (Wildman–Crippen LogP) is 6.32. The molecule has 1 aromatic heterocycles. The molecule has 0 N–H and O–H groups in total. The van der Waals surface area contributed by atoms with Crippen LogP contribution in [0.25, 0.3) is 0 Å². The highest BCUT2D eigenvalue weighted by Crippen LogP contribution is 2.43. The summed E-state index contributed by atoms with van der Waals surface area (Å²) in [5.41, 5.74) is -0.359. The van der Waals surface area contributed by atoms with Crippen LogP contribution in [0.3, 0.4) is 0 Å². The lowest BCUT2D eigenvalue weighted by Gasteiger charge is -2.16. The molecule has 0 fully saturated rings. The molecule has 6 heteroatoms. The monoisotopic (exact) mass is 412 g/mol. The number of hydrogen-bond donors (Lipinski definition) is 0. The van der Waals surface area contributed by atoms with Gasteiger partial charge in [-0.05, 0) is 40.5 Å². The van der Waals surface area contributed by atoms with Gasteiger partial charge in [-0.1, -0.05) is 34.1 Å². The Morgan fingerprint density at radius 3 is 2.37 bits per heavy atom. The normalized spacial score (nSPS) is 13.6. The summed E-state index contributed by atoms with van der Waals surface area (Å²) in [5, 5.41) is 0. The highest BCUT2D eigenvalue weighted by molar-refractivity contribution is 9.10. The first-order valence-electron chi connectivity index (χ1n) is 5.36. The molecule has 0 nitrogen and oxygen atoms in total. The van der Waals surface area contributed by atoms with Gasteiger partial charge in [0.15, 0.2) is 0 Å². The van der Waals surface area contributed by atoms with Gasteiger partial charge in [0, 0.05) is 14.2 Å². The van der Waals surface area contributed by atoms with Crippen molar-refractivity contribution in [3.63, 3.8) is 0 Å². The molecule has 19 heavy (non-hydrogen) atoms. The van der Waals surface area contributed by atoms with Crippen LogP contribution in [0.15, 0.2) is 34.8 Å². The van der Waals surface area contributed by atoms with E-state index in [-0.39, 0.29) is 5.56 Å². The smallest absolute Gasteiger partial charge is 0.166 e. The van der Waals surface area contributed by atoms with Crippen molar-refractivity contribution in [2.24, 2.45) is 0 Å². The first-order valence-corrected chi connectivity index (χ1v) is 7.89. The SMILES string of the molecule is Cc1sc(C(Br)c2ccccc2C(F)(F)F)cc1Br. The summed E-state index contributed by atoms with van der Waals surface area (Å²) < 4.78 is 39.9. The summed E-state index contributed by atoms with van der Waals surface area (Å²) in [6.45, 7) is 1.92. The number of thiophene rings is 1. The van der Waals surface area contributed by atoms with Crippen LogP contribution in [0.4, 0.5) is 13.2 Å². The van der Waals surface area contributed by atoms with E-state index in [1.807, 2.05) is 13.0 Å². The molecule has 1 aromatic carbocycles. The number of aryl methyl sites for hydroxylation is 1. The molecule has 0 spiro atoms. The van der Waals surface area contributed by atoms with E-state index in [1.54, 1.807) is 6.07 Å². The molecule has 0 radical (unpaired) electrons. The predicted molar refractivity (Wildman–Crippen MR) is 79.0 cm³/mol. The van der Waals surface area contributed by atoms with E-state index in [1.165, 1.54) is 23.5 Å². The molecule has 1 atom stereocenters. The average Bonchev–Trinajstić information content (AvgIpc) is 2.68. The van der Waals surface area contributed by atoms with Gasteiger partial charge >= 0.3 is 6.18 Å². The van der Waals surface area contributed by atoms with E-state index in [0.29, 0.717) is 0 Å². The van der Waals surface area contributed by atoms with Crippen LogP contribution in [-0.2, 0) is 6.18 Å². The molecule has 102 valence electrons. The minimum absolute atomic E-state index is 0.240. The van der Waals surface area contributed by atoms with Crippen molar-refractivity contribution >= 4 is 43.2 Å². The summed E-state index contributed by atoms with van der Waals surface area (Å²) >= 11 is 8.23. The van der Waals surface area contributed by atoms with Crippen LogP contribution >= 0.6 is 43.2 Å². The molecule has 0 aliphatic carbocycles. The molecule has 0 saturated heterocycles. The molecule has 2 aromatic rings. The van der Waals surface area contributed by atoms with Gasteiger partial charge in [-0.25, -0.2) is 0 Å². The van der Waals surface area contributed by atoms with Crippen LogP contribution in [-0.4, -0.2) is 0 Å². The Balaban J connectivity index is 2.47. The Morgan fingerprint density at radius 2 is 1.84 bits per heavy atom. The first-order chi connectivity index (χ1) is 8.80. The second-order valence-electron chi connectivity index (χ2n) is 4.00. The largest absolute Gasteiger partial charge is 0.416 e. The van der Waals surface area contributed by atoms with E-state index >= 15 is 0 Å². The summed E-state index contributed by atoms with van der Waals surface area (Å²) in [4.78, 5) is 1.44. The van der Waals surface area contributed by atoms with Crippen LogP contribution in [0.2, 0.25) is 0 Å². The standard InChI is InChI=1S/C13H9Br2F3S/c1-7-10(14)6-11(19-7)12(15)8-4-2-3-5-9(8)13(16,17)18/h2-6,12H,1H3. The number of alkyl halides is 4. The summed E-state index contributed by atoms with van der Waals surface area (Å²) in [5.74, 6) is 0. The van der Waals surface area contributed by atoms with E-state index in [0.717, 1.165) is 20.3 Å². The average molecular weight is 414 g/mol. The molecular formula is C13H9Br2F3S. The fourth-order valence-electron chi connectivity index (χ4n) is 1.74. The van der Waals surface area contributed by atoms with Crippen molar-refractivity contribution in [1.29, 1.82) is 0 Å². The van der Waals surface area contributed by atoms with Gasteiger partial charge in [0.05, 0.1) is 10.4 Å². The molecule has 2 rings (SSSR count). The van der Waals surface area contributed by atoms with Crippen molar-refractivity contribution in [2.45, 2.75) is 17.9 Å². The zero-order chi connectivity index (χ0) is 14.2. The van der Waals surface area contributed by atoms with Gasteiger partial charge in [0.1, 0.15) is 0 Å². The third kappa shape index (κ3) is 3.23. The minimum atomic E-state index is -4.34. The van der Waals surface area contributed by atoms with E-state index in [9.17, 15) is 13.2 Å². The topological polar surface area (TPSA) is 0 Å². The van der Waals surface area contributed by atoms with E-state index < -0.39 is 16.6 Å². The quantitative estimate of drug-likeness (QED) is 0.505. The molecule has 1 unspecified atom stereocenters. The second-order valence-corrected chi connectivity index (χ2v) is 7.06.